The molecule has 0 radical (unpaired) electrons. The summed E-state index contributed by atoms with van der Waals surface area (Å²) in [6, 6.07) is 14.6. The van der Waals surface area contributed by atoms with Crippen molar-refractivity contribution in [2.24, 2.45) is 0 Å². The van der Waals surface area contributed by atoms with Gasteiger partial charge in [0.2, 0.25) is 0 Å². The molecule has 0 aliphatic heterocycles. The number of nitrogens with two attached hydrogens (primary N) is 1. The van der Waals surface area contributed by atoms with Gasteiger partial charge >= 0.3 is 0 Å². The highest BCUT2D eigenvalue weighted by Crippen LogP contribution is 2.40. The summed E-state index contributed by atoms with van der Waals surface area (Å²) < 4.78 is 0. The molecule has 0 saturated heterocycles. The maximum Gasteiger partial charge on any atom is 0.143 e. The van der Waals surface area contributed by atoms with Gasteiger partial charge in [-0.2, -0.15) is 10.5 Å². The summed E-state index contributed by atoms with van der Waals surface area (Å²) in [5.74, 6) is 1.20. The van der Waals surface area contributed by atoms with Crippen molar-refractivity contribution in [1.29, 1.82) is 10.5 Å². The van der Waals surface area contributed by atoms with Crippen LogP contribution < -0.4 is 5.73 Å². The van der Waals surface area contributed by atoms with E-state index >= 15 is 0 Å². The Hall–Kier alpha value is -2.50. The fourth-order valence-corrected chi connectivity index (χ4v) is 4.41. The summed E-state index contributed by atoms with van der Waals surface area (Å²) in [6.07, 6.45) is 5.51. The maximum atomic E-state index is 9.78. The van der Waals surface area contributed by atoms with E-state index in [0.29, 0.717) is 16.2 Å². The Kier molecular flexibility index (Phi) is 5.58. The molecule has 1 aromatic heterocycles. The van der Waals surface area contributed by atoms with Crippen molar-refractivity contribution in [3.05, 3.63) is 52.6 Å². The Labute approximate surface area is 152 Å². The molecule has 1 heterocycles. The first kappa shape index (κ1) is 17.3. The van der Waals surface area contributed by atoms with Crippen LogP contribution in [0.25, 0.3) is 0 Å². The van der Waals surface area contributed by atoms with Crippen molar-refractivity contribution in [3.63, 3.8) is 0 Å². The van der Waals surface area contributed by atoms with Gasteiger partial charge in [0, 0.05) is 5.75 Å². The van der Waals surface area contributed by atoms with Crippen LogP contribution in [-0.4, -0.2) is 4.98 Å². The van der Waals surface area contributed by atoms with Crippen LogP contribution in [0.4, 0.5) is 5.82 Å². The second kappa shape index (κ2) is 8.05. The van der Waals surface area contributed by atoms with Gasteiger partial charge in [-0.3, -0.25) is 0 Å². The molecule has 0 spiro atoms. The minimum atomic E-state index is 0.236. The van der Waals surface area contributed by atoms with Crippen LogP contribution in [0.15, 0.2) is 35.4 Å². The summed E-state index contributed by atoms with van der Waals surface area (Å²) in [4.78, 5) is 4.38. The molecule has 1 saturated carbocycles. The van der Waals surface area contributed by atoms with Gasteiger partial charge in [0.25, 0.3) is 0 Å². The molecule has 1 fully saturated rings. The predicted molar refractivity (Wildman–Crippen MR) is 99.9 cm³/mol. The molecule has 2 N–H and O–H groups in total. The van der Waals surface area contributed by atoms with Crippen molar-refractivity contribution >= 4 is 17.6 Å². The summed E-state index contributed by atoms with van der Waals surface area (Å²) >= 11 is 1.51. The van der Waals surface area contributed by atoms with E-state index in [2.05, 4.69) is 17.1 Å². The zero-order valence-corrected chi connectivity index (χ0v) is 14.9. The van der Waals surface area contributed by atoms with Gasteiger partial charge in [-0.05, 0) is 29.9 Å². The zero-order chi connectivity index (χ0) is 17.6. The van der Waals surface area contributed by atoms with Crippen LogP contribution in [0.5, 0.6) is 0 Å². The zero-order valence-electron chi connectivity index (χ0n) is 14.0. The summed E-state index contributed by atoms with van der Waals surface area (Å²) in [7, 11) is 0. The van der Waals surface area contributed by atoms with Crippen molar-refractivity contribution in [2.45, 2.75) is 48.8 Å². The summed E-state index contributed by atoms with van der Waals surface area (Å²) in [5, 5.41) is 20.0. The van der Waals surface area contributed by atoms with E-state index in [-0.39, 0.29) is 11.7 Å². The van der Waals surface area contributed by atoms with Crippen LogP contribution >= 0.6 is 11.8 Å². The van der Waals surface area contributed by atoms with Crippen LogP contribution in [0, 0.1) is 22.7 Å². The molecule has 25 heavy (non-hydrogen) atoms. The SMILES string of the molecule is N#Cc1c(N)nc(SCc2ccccc2)c(C#N)c1C1CCCCC1. The Balaban J connectivity index is 1.99. The molecule has 1 aromatic carbocycles. The first-order valence-corrected chi connectivity index (χ1v) is 9.53. The van der Waals surface area contributed by atoms with Crippen LogP contribution in [0.1, 0.15) is 60.3 Å². The van der Waals surface area contributed by atoms with Gasteiger partial charge in [-0.1, -0.05) is 49.6 Å². The van der Waals surface area contributed by atoms with E-state index < -0.39 is 0 Å². The number of benzene rings is 1. The number of anilines is 1. The summed E-state index contributed by atoms with van der Waals surface area (Å²) in [5.41, 5.74) is 9.01. The molecule has 0 atom stereocenters. The number of nitrogen functional groups attached to an aromatic ring is 1. The maximum absolute atomic E-state index is 9.78. The number of nitriles is 2. The van der Waals surface area contributed by atoms with Gasteiger partial charge in [0.15, 0.2) is 0 Å². The van der Waals surface area contributed by atoms with Crippen LogP contribution in [0.2, 0.25) is 0 Å². The molecule has 2 aromatic rings. The molecule has 0 bridgehead atoms. The third kappa shape index (κ3) is 3.78. The largest absolute Gasteiger partial charge is 0.383 e. The lowest BCUT2D eigenvalue weighted by Gasteiger charge is -2.25. The molecule has 0 unspecified atom stereocenters. The number of thioether (sulfide) groups is 1. The highest BCUT2D eigenvalue weighted by atomic mass is 32.2. The van der Waals surface area contributed by atoms with Gasteiger partial charge in [-0.25, -0.2) is 4.98 Å². The fraction of sp³-hybridized carbons (Fsp3) is 0.350. The number of hydrogen-bond donors (Lipinski definition) is 1. The lowest BCUT2D eigenvalue weighted by Crippen LogP contribution is -2.12. The van der Waals surface area contributed by atoms with Crippen molar-refractivity contribution in [2.75, 3.05) is 5.73 Å². The average molecular weight is 348 g/mol. The van der Waals surface area contributed by atoms with E-state index in [0.717, 1.165) is 37.0 Å². The fourth-order valence-electron chi connectivity index (χ4n) is 3.45. The molecule has 126 valence electrons. The molecule has 3 rings (SSSR count). The monoisotopic (exact) mass is 348 g/mol. The van der Waals surface area contributed by atoms with E-state index in [1.807, 2.05) is 30.3 Å². The number of nitrogens with zero attached hydrogens (tertiary/aromatic N) is 3. The Morgan fingerprint density at radius 3 is 2.36 bits per heavy atom. The molecular weight excluding hydrogens is 328 g/mol. The second-order valence-corrected chi connectivity index (χ2v) is 7.26. The molecule has 5 heteroatoms. The highest BCUT2D eigenvalue weighted by molar-refractivity contribution is 7.98. The van der Waals surface area contributed by atoms with Crippen molar-refractivity contribution in [3.8, 4) is 12.1 Å². The van der Waals surface area contributed by atoms with Crippen molar-refractivity contribution < 1.29 is 0 Å². The van der Waals surface area contributed by atoms with Gasteiger partial charge in [0.1, 0.15) is 23.0 Å². The topological polar surface area (TPSA) is 86.5 Å². The third-order valence-electron chi connectivity index (χ3n) is 4.69. The minimum absolute atomic E-state index is 0.236. The molecule has 4 nitrogen and oxygen atoms in total. The van der Waals surface area contributed by atoms with E-state index in [1.165, 1.54) is 23.7 Å². The Morgan fingerprint density at radius 1 is 1.04 bits per heavy atom. The van der Waals surface area contributed by atoms with E-state index in [1.54, 1.807) is 0 Å². The number of rotatable bonds is 4. The number of pyridine rings is 1. The second-order valence-electron chi connectivity index (χ2n) is 6.30. The van der Waals surface area contributed by atoms with Crippen LogP contribution in [-0.2, 0) is 5.75 Å². The van der Waals surface area contributed by atoms with E-state index in [4.69, 9.17) is 5.73 Å². The quantitative estimate of drug-likeness (QED) is 0.806. The molecule has 1 aliphatic rings. The predicted octanol–water partition coefficient (Wildman–Crippen LogP) is 4.75. The summed E-state index contributed by atoms with van der Waals surface area (Å²) in [6.45, 7) is 0. The van der Waals surface area contributed by atoms with Gasteiger partial charge in [0.05, 0.1) is 11.1 Å². The molecule has 1 aliphatic carbocycles. The highest BCUT2D eigenvalue weighted by Gasteiger charge is 2.26. The normalized spacial score (nSPS) is 14.6. The van der Waals surface area contributed by atoms with Crippen LogP contribution in [0.3, 0.4) is 0 Å². The lowest BCUT2D eigenvalue weighted by molar-refractivity contribution is 0.442. The average Bonchev–Trinajstić information content (AvgIpc) is 2.67. The minimum Gasteiger partial charge on any atom is -0.383 e. The number of hydrogen-bond acceptors (Lipinski definition) is 5. The third-order valence-corrected chi connectivity index (χ3v) is 5.73. The van der Waals surface area contributed by atoms with Gasteiger partial charge < -0.3 is 5.73 Å². The smallest absolute Gasteiger partial charge is 0.143 e. The lowest BCUT2D eigenvalue weighted by atomic mass is 9.80. The first-order valence-electron chi connectivity index (χ1n) is 8.55. The van der Waals surface area contributed by atoms with Gasteiger partial charge in [-0.15, -0.1) is 11.8 Å². The standard InChI is InChI=1S/C20H20N4S/c21-11-16-18(15-9-5-2-6-10-15)17(12-22)20(24-19(16)23)25-13-14-7-3-1-4-8-14/h1,3-4,7-8,15H,2,5-6,9-10,13H2,(H2,23,24). The van der Waals surface area contributed by atoms with E-state index in [9.17, 15) is 10.5 Å². The Bertz CT molecular complexity index is 828. The number of aromatic nitrogens is 1. The molecular formula is C20H20N4S. The Morgan fingerprint density at radius 2 is 1.72 bits per heavy atom. The molecule has 0 amide bonds. The first-order chi connectivity index (χ1) is 12.2. The van der Waals surface area contributed by atoms with Crippen molar-refractivity contribution in [1.82, 2.24) is 4.98 Å².